The first-order valence-electron chi connectivity index (χ1n) is 6.14. The average molecular weight is 300 g/mol. The van der Waals surface area contributed by atoms with E-state index in [1.54, 1.807) is 7.11 Å². The van der Waals surface area contributed by atoms with Gasteiger partial charge in [-0.1, -0.05) is 12.1 Å². The molecule has 0 bridgehead atoms. The minimum Gasteiger partial charge on any atom is -0.497 e. The molecule has 1 N–H and O–H groups in total. The summed E-state index contributed by atoms with van der Waals surface area (Å²) in [6.07, 6.45) is 0.618. The summed E-state index contributed by atoms with van der Waals surface area (Å²) in [5.41, 5.74) is 0.981. The Bertz CT molecular complexity index is 429. The fraction of sp³-hybridized carbons (Fsp3) is 0.429. The van der Waals surface area contributed by atoms with Crippen molar-refractivity contribution in [1.29, 1.82) is 0 Å². The van der Waals surface area contributed by atoms with Crippen LogP contribution in [0.5, 0.6) is 5.75 Å². The van der Waals surface area contributed by atoms with Crippen molar-refractivity contribution >= 4 is 23.5 Å². The molecular formula is C14H18ClNO4. The molecule has 0 saturated carbocycles. The highest BCUT2D eigenvalue weighted by Crippen LogP contribution is 2.13. The van der Waals surface area contributed by atoms with Crippen LogP contribution in [0.1, 0.15) is 12.0 Å². The highest BCUT2D eigenvalue weighted by molar-refractivity contribution is 6.27. The fourth-order valence-corrected chi connectivity index (χ4v) is 1.85. The van der Waals surface area contributed by atoms with Crippen LogP contribution in [0.2, 0.25) is 0 Å². The molecule has 0 heterocycles. The summed E-state index contributed by atoms with van der Waals surface area (Å²) in [6.45, 7) is 0. The van der Waals surface area contributed by atoms with Gasteiger partial charge in [0.05, 0.1) is 20.6 Å². The Balaban J connectivity index is 2.70. The monoisotopic (exact) mass is 299 g/mol. The Morgan fingerprint density at radius 3 is 2.40 bits per heavy atom. The largest absolute Gasteiger partial charge is 0.497 e. The van der Waals surface area contributed by atoms with E-state index in [9.17, 15) is 9.59 Å². The van der Waals surface area contributed by atoms with Crippen LogP contribution >= 0.6 is 11.6 Å². The molecule has 0 unspecified atom stereocenters. The molecule has 1 amide bonds. The van der Waals surface area contributed by atoms with E-state index >= 15 is 0 Å². The van der Waals surface area contributed by atoms with Crippen molar-refractivity contribution in [2.24, 2.45) is 0 Å². The SMILES string of the molecule is COC(=O)C[C@@H](Cc1ccc(OC)cc1)NC(=O)CCl. The first-order valence-corrected chi connectivity index (χ1v) is 6.67. The van der Waals surface area contributed by atoms with Gasteiger partial charge in [0.15, 0.2) is 0 Å². The van der Waals surface area contributed by atoms with E-state index in [0.717, 1.165) is 11.3 Å². The number of halogens is 1. The fourth-order valence-electron chi connectivity index (χ4n) is 1.77. The predicted molar refractivity (Wildman–Crippen MR) is 76.0 cm³/mol. The molecule has 5 nitrogen and oxygen atoms in total. The van der Waals surface area contributed by atoms with Crippen LogP contribution < -0.4 is 10.1 Å². The molecule has 0 fully saturated rings. The molecule has 1 rings (SSSR count). The second kappa shape index (κ2) is 8.43. The van der Waals surface area contributed by atoms with Crippen molar-refractivity contribution in [3.8, 4) is 5.75 Å². The van der Waals surface area contributed by atoms with Crippen LogP contribution in [0.15, 0.2) is 24.3 Å². The highest BCUT2D eigenvalue weighted by atomic mass is 35.5. The number of ether oxygens (including phenoxy) is 2. The number of benzene rings is 1. The lowest BCUT2D eigenvalue weighted by atomic mass is 10.0. The number of rotatable bonds is 7. The third kappa shape index (κ3) is 5.48. The van der Waals surface area contributed by atoms with Crippen LogP contribution in [-0.4, -0.2) is 38.0 Å². The number of alkyl halides is 1. The van der Waals surface area contributed by atoms with Gasteiger partial charge in [0, 0.05) is 6.04 Å². The van der Waals surface area contributed by atoms with Crippen molar-refractivity contribution in [2.45, 2.75) is 18.9 Å². The molecule has 1 atom stereocenters. The van der Waals surface area contributed by atoms with Crippen LogP contribution in [0.3, 0.4) is 0 Å². The summed E-state index contributed by atoms with van der Waals surface area (Å²) in [5, 5.41) is 2.71. The van der Waals surface area contributed by atoms with E-state index in [2.05, 4.69) is 10.1 Å². The summed E-state index contributed by atoms with van der Waals surface area (Å²) in [6, 6.07) is 7.08. The number of nitrogens with one attached hydrogen (secondary N) is 1. The molecule has 0 saturated heterocycles. The van der Waals surface area contributed by atoms with Crippen molar-refractivity contribution in [2.75, 3.05) is 20.1 Å². The third-order valence-electron chi connectivity index (χ3n) is 2.77. The first-order chi connectivity index (χ1) is 9.58. The van der Waals surface area contributed by atoms with Crippen molar-refractivity contribution in [3.63, 3.8) is 0 Å². The van der Waals surface area contributed by atoms with E-state index < -0.39 is 0 Å². The van der Waals surface area contributed by atoms with Gasteiger partial charge in [0.2, 0.25) is 5.91 Å². The predicted octanol–water partition coefficient (Wildman–Crippen LogP) is 1.52. The Morgan fingerprint density at radius 1 is 1.25 bits per heavy atom. The van der Waals surface area contributed by atoms with E-state index in [-0.39, 0.29) is 30.2 Å². The molecule has 0 aliphatic carbocycles. The number of esters is 1. The van der Waals surface area contributed by atoms with Gasteiger partial charge in [0.25, 0.3) is 0 Å². The minimum absolute atomic E-state index is 0.102. The average Bonchev–Trinajstić information content (AvgIpc) is 2.47. The highest BCUT2D eigenvalue weighted by Gasteiger charge is 2.17. The number of amides is 1. The molecule has 6 heteroatoms. The Hall–Kier alpha value is -1.75. The van der Waals surface area contributed by atoms with Gasteiger partial charge in [-0.15, -0.1) is 11.6 Å². The number of hydrogen-bond acceptors (Lipinski definition) is 4. The summed E-state index contributed by atoms with van der Waals surface area (Å²) < 4.78 is 9.70. The molecule has 0 aliphatic rings. The van der Waals surface area contributed by atoms with Gasteiger partial charge in [0.1, 0.15) is 11.6 Å². The normalized spacial score (nSPS) is 11.6. The maximum atomic E-state index is 11.4. The van der Waals surface area contributed by atoms with Crippen LogP contribution in [0, 0.1) is 0 Å². The quantitative estimate of drug-likeness (QED) is 0.612. The molecule has 20 heavy (non-hydrogen) atoms. The topological polar surface area (TPSA) is 64.6 Å². The third-order valence-corrected chi connectivity index (χ3v) is 3.01. The Labute approximate surface area is 123 Å². The lowest BCUT2D eigenvalue weighted by molar-refractivity contribution is -0.141. The van der Waals surface area contributed by atoms with Crippen molar-refractivity contribution in [3.05, 3.63) is 29.8 Å². The second-order valence-electron chi connectivity index (χ2n) is 4.23. The molecule has 0 radical (unpaired) electrons. The van der Waals surface area contributed by atoms with Gasteiger partial charge in [-0.05, 0) is 24.1 Å². The van der Waals surface area contributed by atoms with E-state index in [0.29, 0.717) is 6.42 Å². The molecule has 0 aliphatic heterocycles. The first kappa shape index (κ1) is 16.3. The van der Waals surface area contributed by atoms with Crippen molar-refractivity contribution in [1.82, 2.24) is 5.32 Å². The number of hydrogen-bond donors (Lipinski definition) is 1. The summed E-state index contributed by atoms with van der Waals surface area (Å²) >= 11 is 5.46. The number of carbonyl (C=O) groups is 2. The van der Waals surface area contributed by atoms with Gasteiger partial charge in [-0.3, -0.25) is 9.59 Å². The summed E-state index contributed by atoms with van der Waals surface area (Å²) in [5.74, 6) is -0.0733. The lowest BCUT2D eigenvalue weighted by Crippen LogP contribution is -2.39. The lowest BCUT2D eigenvalue weighted by Gasteiger charge is -2.17. The molecule has 0 aromatic heterocycles. The Morgan fingerprint density at radius 2 is 1.90 bits per heavy atom. The van der Waals surface area contributed by atoms with Gasteiger partial charge < -0.3 is 14.8 Å². The smallest absolute Gasteiger partial charge is 0.307 e. The molecular weight excluding hydrogens is 282 g/mol. The van der Waals surface area contributed by atoms with Crippen LogP contribution in [-0.2, 0) is 20.7 Å². The maximum Gasteiger partial charge on any atom is 0.307 e. The van der Waals surface area contributed by atoms with Gasteiger partial charge >= 0.3 is 5.97 Å². The number of methoxy groups -OCH3 is 2. The van der Waals surface area contributed by atoms with Gasteiger partial charge in [-0.25, -0.2) is 0 Å². The van der Waals surface area contributed by atoms with Gasteiger partial charge in [-0.2, -0.15) is 0 Å². The molecule has 0 spiro atoms. The van der Waals surface area contributed by atoms with Crippen LogP contribution in [0.4, 0.5) is 0 Å². The zero-order chi connectivity index (χ0) is 15.0. The summed E-state index contributed by atoms with van der Waals surface area (Å²) in [7, 11) is 2.91. The van der Waals surface area contributed by atoms with Crippen LogP contribution in [0.25, 0.3) is 0 Å². The van der Waals surface area contributed by atoms with E-state index in [4.69, 9.17) is 16.3 Å². The minimum atomic E-state index is -0.376. The zero-order valence-corrected chi connectivity index (χ0v) is 12.3. The summed E-state index contributed by atoms with van der Waals surface area (Å²) in [4.78, 5) is 22.7. The van der Waals surface area contributed by atoms with E-state index in [1.807, 2.05) is 24.3 Å². The molecule has 1 aromatic carbocycles. The maximum absolute atomic E-state index is 11.4. The second-order valence-corrected chi connectivity index (χ2v) is 4.50. The standard InChI is InChI=1S/C14H18ClNO4/c1-19-12-5-3-10(4-6-12)7-11(8-14(18)20-2)16-13(17)9-15/h3-6,11H,7-9H2,1-2H3,(H,16,17)/t11-/m1/s1. The molecule has 1 aromatic rings. The number of carbonyl (C=O) groups excluding carboxylic acids is 2. The zero-order valence-electron chi connectivity index (χ0n) is 11.5. The molecule has 110 valence electrons. The Kier molecular flexibility index (Phi) is 6.87. The van der Waals surface area contributed by atoms with Crippen molar-refractivity contribution < 1.29 is 19.1 Å². The van der Waals surface area contributed by atoms with E-state index in [1.165, 1.54) is 7.11 Å².